The van der Waals surface area contributed by atoms with Crippen LogP contribution in [0.1, 0.15) is 30.6 Å². The Morgan fingerprint density at radius 1 is 1.14 bits per heavy atom. The maximum Gasteiger partial charge on any atom is 0.228 e. The van der Waals surface area contributed by atoms with Crippen LogP contribution in [0.15, 0.2) is 30.3 Å². The van der Waals surface area contributed by atoms with Crippen molar-refractivity contribution in [2.24, 2.45) is 5.92 Å². The second-order valence-corrected chi connectivity index (χ2v) is 3.72. The molecule has 0 spiro atoms. The van der Waals surface area contributed by atoms with Crippen LogP contribution in [0.25, 0.3) is 0 Å². The third kappa shape index (κ3) is 2.80. The average molecular weight is 190 g/mol. The topological polar surface area (TPSA) is 34.1 Å². The van der Waals surface area contributed by atoms with Gasteiger partial charge in [-0.3, -0.25) is 9.59 Å². The molecule has 0 bridgehead atoms. The first-order valence-corrected chi connectivity index (χ1v) is 4.74. The molecule has 0 saturated carbocycles. The zero-order valence-corrected chi connectivity index (χ0v) is 8.49. The van der Waals surface area contributed by atoms with Gasteiger partial charge in [-0.25, -0.2) is 0 Å². The van der Waals surface area contributed by atoms with Crippen molar-refractivity contribution in [1.82, 2.24) is 0 Å². The van der Waals surface area contributed by atoms with Gasteiger partial charge >= 0.3 is 0 Å². The third-order valence-electron chi connectivity index (χ3n) is 1.88. The van der Waals surface area contributed by atoms with E-state index in [-0.39, 0.29) is 17.5 Å². The standard InChI is InChI=1S/C12H14O2/c1-9(2)8-11(13)12(14)10-6-4-3-5-7-10/h3-7,9H,8H2,1-2H3. The average Bonchev–Trinajstić information content (AvgIpc) is 2.17. The number of carbonyl (C=O) groups excluding carboxylic acids is 2. The number of carbonyl (C=O) groups is 2. The Morgan fingerprint density at radius 2 is 1.71 bits per heavy atom. The van der Waals surface area contributed by atoms with Gasteiger partial charge in [0.2, 0.25) is 11.6 Å². The molecule has 1 aromatic carbocycles. The fourth-order valence-electron chi connectivity index (χ4n) is 1.21. The lowest BCUT2D eigenvalue weighted by Crippen LogP contribution is -2.15. The quantitative estimate of drug-likeness (QED) is 0.540. The van der Waals surface area contributed by atoms with E-state index in [1.807, 2.05) is 19.9 Å². The SMILES string of the molecule is CC(C)CC(=O)C(=O)c1ccccc1. The summed E-state index contributed by atoms with van der Waals surface area (Å²) in [5, 5.41) is 0. The molecular weight excluding hydrogens is 176 g/mol. The van der Waals surface area contributed by atoms with E-state index in [4.69, 9.17) is 0 Å². The van der Waals surface area contributed by atoms with Crippen molar-refractivity contribution >= 4 is 11.6 Å². The molecule has 0 saturated heterocycles. The number of benzene rings is 1. The van der Waals surface area contributed by atoms with E-state index in [2.05, 4.69) is 0 Å². The molecule has 0 amide bonds. The highest BCUT2D eigenvalue weighted by atomic mass is 16.2. The molecule has 14 heavy (non-hydrogen) atoms. The maximum atomic E-state index is 11.5. The summed E-state index contributed by atoms with van der Waals surface area (Å²) in [6.45, 7) is 3.85. The van der Waals surface area contributed by atoms with Gasteiger partial charge in [-0.15, -0.1) is 0 Å². The fourth-order valence-corrected chi connectivity index (χ4v) is 1.21. The Balaban J connectivity index is 2.72. The summed E-state index contributed by atoms with van der Waals surface area (Å²) >= 11 is 0. The summed E-state index contributed by atoms with van der Waals surface area (Å²) in [5.74, 6) is -0.444. The number of hydrogen-bond donors (Lipinski definition) is 0. The highest BCUT2D eigenvalue weighted by molar-refractivity contribution is 6.43. The molecule has 0 aromatic heterocycles. The van der Waals surface area contributed by atoms with Crippen molar-refractivity contribution in [2.75, 3.05) is 0 Å². The molecule has 2 nitrogen and oxygen atoms in total. The second kappa shape index (κ2) is 4.70. The highest BCUT2D eigenvalue weighted by Crippen LogP contribution is 2.06. The Hall–Kier alpha value is -1.44. The van der Waals surface area contributed by atoms with Gasteiger partial charge in [0.05, 0.1) is 0 Å². The first-order chi connectivity index (χ1) is 6.61. The molecule has 0 aliphatic heterocycles. The largest absolute Gasteiger partial charge is 0.290 e. The number of ketones is 2. The van der Waals surface area contributed by atoms with Gasteiger partial charge in [0.1, 0.15) is 0 Å². The maximum absolute atomic E-state index is 11.5. The molecule has 0 heterocycles. The molecule has 0 unspecified atom stereocenters. The molecule has 0 N–H and O–H groups in total. The van der Waals surface area contributed by atoms with Gasteiger partial charge in [-0.05, 0) is 5.92 Å². The van der Waals surface area contributed by atoms with Crippen molar-refractivity contribution in [3.8, 4) is 0 Å². The Labute approximate surface area is 83.9 Å². The highest BCUT2D eigenvalue weighted by Gasteiger charge is 2.16. The van der Waals surface area contributed by atoms with E-state index in [1.54, 1.807) is 24.3 Å². The summed E-state index contributed by atoms with van der Waals surface area (Å²) in [6.07, 6.45) is 0.327. The second-order valence-electron chi connectivity index (χ2n) is 3.72. The van der Waals surface area contributed by atoms with Crippen LogP contribution < -0.4 is 0 Å². The van der Waals surface area contributed by atoms with E-state index in [0.29, 0.717) is 12.0 Å². The Kier molecular flexibility index (Phi) is 3.57. The van der Waals surface area contributed by atoms with E-state index in [1.165, 1.54) is 0 Å². The minimum atomic E-state index is -0.376. The van der Waals surface area contributed by atoms with E-state index in [0.717, 1.165) is 0 Å². The van der Waals surface area contributed by atoms with Gasteiger partial charge in [0, 0.05) is 12.0 Å². The number of rotatable bonds is 4. The molecule has 0 radical (unpaired) electrons. The summed E-state index contributed by atoms with van der Waals surface area (Å²) < 4.78 is 0. The predicted molar refractivity (Wildman–Crippen MR) is 55.2 cm³/mol. The van der Waals surface area contributed by atoms with E-state index < -0.39 is 0 Å². The third-order valence-corrected chi connectivity index (χ3v) is 1.88. The van der Waals surface area contributed by atoms with Crippen LogP contribution in [0.2, 0.25) is 0 Å². The van der Waals surface area contributed by atoms with Gasteiger partial charge in [0.15, 0.2) is 0 Å². The van der Waals surface area contributed by atoms with Crippen molar-refractivity contribution in [3.63, 3.8) is 0 Å². The summed E-state index contributed by atoms with van der Waals surface area (Å²) in [5.41, 5.74) is 0.484. The molecule has 0 atom stereocenters. The molecule has 1 aromatic rings. The molecule has 1 rings (SSSR count). The van der Waals surface area contributed by atoms with Crippen LogP contribution in [0.3, 0.4) is 0 Å². The van der Waals surface area contributed by atoms with Crippen molar-refractivity contribution in [2.45, 2.75) is 20.3 Å². The van der Waals surface area contributed by atoms with Crippen molar-refractivity contribution < 1.29 is 9.59 Å². The van der Waals surface area contributed by atoms with Crippen LogP contribution in [0.5, 0.6) is 0 Å². The number of hydrogen-bond acceptors (Lipinski definition) is 2. The molecule has 0 aliphatic carbocycles. The van der Waals surface area contributed by atoms with Crippen LogP contribution in [0, 0.1) is 5.92 Å². The summed E-state index contributed by atoms with van der Waals surface area (Å²) in [4.78, 5) is 22.9. The molecule has 74 valence electrons. The monoisotopic (exact) mass is 190 g/mol. The van der Waals surface area contributed by atoms with Crippen LogP contribution in [-0.4, -0.2) is 11.6 Å². The Morgan fingerprint density at radius 3 is 2.21 bits per heavy atom. The van der Waals surface area contributed by atoms with Crippen molar-refractivity contribution in [3.05, 3.63) is 35.9 Å². The first kappa shape index (κ1) is 10.6. The molecule has 2 heteroatoms. The van der Waals surface area contributed by atoms with Gasteiger partial charge in [0.25, 0.3) is 0 Å². The predicted octanol–water partition coefficient (Wildman–Crippen LogP) is 2.48. The van der Waals surface area contributed by atoms with E-state index in [9.17, 15) is 9.59 Å². The van der Waals surface area contributed by atoms with E-state index >= 15 is 0 Å². The zero-order chi connectivity index (χ0) is 10.6. The zero-order valence-electron chi connectivity index (χ0n) is 8.49. The Bertz CT molecular complexity index is 325. The molecule has 0 aliphatic rings. The van der Waals surface area contributed by atoms with Crippen LogP contribution in [-0.2, 0) is 4.79 Å². The minimum absolute atomic E-state index is 0.232. The van der Waals surface area contributed by atoms with Gasteiger partial charge in [-0.1, -0.05) is 44.2 Å². The van der Waals surface area contributed by atoms with Crippen LogP contribution >= 0.6 is 0 Å². The molecule has 0 fully saturated rings. The number of Topliss-reactive ketones (excluding diaryl/α,β-unsaturated/α-hetero) is 2. The lowest BCUT2D eigenvalue weighted by atomic mass is 10.0. The normalized spacial score (nSPS) is 10.2. The van der Waals surface area contributed by atoms with Crippen molar-refractivity contribution in [1.29, 1.82) is 0 Å². The van der Waals surface area contributed by atoms with Crippen LogP contribution in [0.4, 0.5) is 0 Å². The van der Waals surface area contributed by atoms with Gasteiger partial charge < -0.3 is 0 Å². The lowest BCUT2D eigenvalue weighted by molar-refractivity contribution is -0.115. The lowest BCUT2D eigenvalue weighted by Gasteiger charge is -2.02. The summed E-state index contributed by atoms with van der Waals surface area (Å²) in [7, 11) is 0. The van der Waals surface area contributed by atoms with Gasteiger partial charge in [-0.2, -0.15) is 0 Å². The smallest absolute Gasteiger partial charge is 0.228 e. The molecular formula is C12H14O2. The first-order valence-electron chi connectivity index (χ1n) is 4.74. The minimum Gasteiger partial charge on any atom is -0.290 e. The fraction of sp³-hybridized carbons (Fsp3) is 0.333. The summed E-state index contributed by atoms with van der Waals surface area (Å²) in [6, 6.07) is 8.68.